The number of carbonyl (C=O) groups is 1. The van der Waals surface area contributed by atoms with E-state index in [4.69, 9.17) is 5.11 Å². The average Bonchev–Trinajstić information content (AvgIpc) is 2.20. The summed E-state index contributed by atoms with van der Waals surface area (Å²) in [6.45, 7) is 6.51. The van der Waals surface area contributed by atoms with Crippen LogP contribution in [0.1, 0.15) is 5.56 Å². The summed E-state index contributed by atoms with van der Waals surface area (Å²) >= 11 is 0. The maximum atomic E-state index is 10.4. The Kier molecular flexibility index (Phi) is 5.46. The molecule has 1 N–H and O–H groups in total. The number of rotatable bonds is 2. The molecule has 1 rings (SSSR count). The van der Waals surface area contributed by atoms with E-state index in [2.05, 4.69) is 13.2 Å². The van der Waals surface area contributed by atoms with Gasteiger partial charge in [0.25, 0.3) is 0 Å². The fourth-order valence-electron chi connectivity index (χ4n) is 0.560. The average molecular weight is 193 g/mol. The normalized spacial score (nSPS) is 8.00. The zero-order valence-electron chi connectivity index (χ0n) is 7.59. The summed E-state index contributed by atoms with van der Waals surface area (Å²) in [5.74, 6) is -0.981. The smallest absolute Gasteiger partial charge is 0.327 e. The van der Waals surface area contributed by atoms with Crippen molar-refractivity contribution in [3.05, 3.63) is 54.5 Å². The van der Waals surface area contributed by atoms with Gasteiger partial charge in [-0.2, -0.15) is 4.73 Å². The lowest BCUT2D eigenvalue weighted by Crippen LogP contribution is -2.23. The highest BCUT2D eigenvalue weighted by Gasteiger charge is 1.86. The van der Waals surface area contributed by atoms with E-state index in [9.17, 15) is 10.0 Å². The second-order valence-corrected chi connectivity index (χ2v) is 2.24. The molecule has 0 aromatic carbocycles. The van der Waals surface area contributed by atoms with Crippen molar-refractivity contribution >= 4 is 12.0 Å². The van der Waals surface area contributed by atoms with Gasteiger partial charge in [0.15, 0.2) is 12.4 Å². The molecule has 0 spiro atoms. The van der Waals surface area contributed by atoms with Gasteiger partial charge in [-0.15, -0.1) is 0 Å². The molecule has 74 valence electrons. The van der Waals surface area contributed by atoms with Gasteiger partial charge >= 0.3 is 5.97 Å². The minimum atomic E-state index is -0.981. The van der Waals surface area contributed by atoms with Crippen LogP contribution in [0.2, 0.25) is 0 Å². The van der Waals surface area contributed by atoms with Crippen molar-refractivity contribution in [3.63, 3.8) is 0 Å². The minimum Gasteiger partial charge on any atom is -0.619 e. The van der Waals surface area contributed by atoms with Gasteiger partial charge in [0.2, 0.25) is 0 Å². The lowest BCUT2D eigenvalue weighted by molar-refractivity contribution is -0.605. The molecular weight excluding hydrogens is 182 g/mol. The number of hydrogen-bond acceptors (Lipinski definition) is 2. The molecule has 14 heavy (non-hydrogen) atoms. The standard InChI is InChI=1S/C7H7NO.C3H4O2/c1-2-7-3-5-8(9)6-4-7;1-2-3(4)5/h2-6H,1H2;2H,1H2,(H,4,5). The van der Waals surface area contributed by atoms with Gasteiger partial charge in [0, 0.05) is 18.2 Å². The minimum absolute atomic E-state index is 0.743. The zero-order valence-corrected chi connectivity index (χ0v) is 7.59. The van der Waals surface area contributed by atoms with Crippen LogP contribution in [0.3, 0.4) is 0 Å². The Morgan fingerprint density at radius 1 is 1.43 bits per heavy atom. The quantitative estimate of drug-likeness (QED) is 0.436. The summed E-state index contributed by atoms with van der Waals surface area (Å²) < 4.78 is 0.743. The van der Waals surface area contributed by atoms with E-state index >= 15 is 0 Å². The van der Waals surface area contributed by atoms with Crippen molar-refractivity contribution in [1.82, 2.24) is 0 Å². The Bertz CT molecular complexity index is 317. The Balaban J connectivity index is 0.000000292. The summed E-state index contributed by atoms with van der Waals surface area (Å²) in [5.41, 5.74) is 0.960. The number of hydrogen-bond donors (Lipinski definition) is 1. The molecule has 1 aromatic rings. The fraction of sp³-hybridized carbons (Fsp3) is 0. The van der Waals surface area contributed by atoms with Crippen LogP contribution in [0.25, 0.3) is 6.08 Å². The number of pyridine rings is 1. The largest absolute Gasteiger partial charge is 0.619 e. The van der Waals surface area contributed by atoms with Gasteiger partial charge in [-0.3, -0.25) is 0 Å². The van der Waals surface area contributed by atoms with E-state index in [0.717, 1.165) is 16.4 Å². The second kappa shape index (κ2) is 6.42. The highest BCUT2D eigenvalue weighted by Crippen LogP contribution is 1.94. The number of aromatic nitrogens is 1. The van der Waals surface area contributed by atoms with Gasteiger partial charge in [0.05, 0.1) is 0 Å². The lowest BCUT2D eigenvalue weighted by Gasteiger charge is -1.92. The first-order valence-corrected chi connectivity index (χ1v) is 3.76. The van der Waals surface area contributed by atoms with Crippen LogP contribution in [-0.2, 0) is 4.79 Å². The maximum absolute atomic E-state index is 10.4. The summed E-state index contributed by atoms with van der Waals surface area (Å²) in [4.78, 5) is 9.25. The van der Waals surface area contributed by atoms with Crippen LogP contribution in [0, 0.1) is 5.21 Å². The third-order valence-corrected chi connectivity index (χ3v) is 1.24. The molecule has 0 fully saturated rings. The highest BCUT2D eigenvalue weighted by atomic mass is 16.5. The lowest BCUT2D eigenvalue weighted by atomic mass is 10.3. The first-order valence-electron chi connectivity index (χ1n) is 3.76. The predicted molar refractivity (Wildman–Crippen MR) is 53.3 cm³/mol. The van der Waals surface area contributed by atoms with Gasteiger partial charge in [-0.1, -0.05) is 19.2 Å². The van der Waals surface area contributed by atoms with Gasteiger partial charge in [-0.25, -0.2) is 4.79 Å². The van der Waals surface area contributed by atoms with E-state index < -0.39 is 5.97 Å². The number of aliphatic carboxylic acids is 1. The van der Waals surface area contributed by atoms with Gasteiger partial charge in [0.1, 0.15) is 0 Å². The zero-order chi connectivity index (χ0) is 11.0. The molecule has 0 bridgehead atoms. The molecule has 0 unspecified atom stereocenters. The Hall–Kier alpha value is -2.10. The van der Waals surface area contributed by atoms with Crippen LogP contribution in [-0.4, -0.2) is 11.1 Å². The van der Waals surface area contributed by atoms with E-state index in [1.165, 1.54) is 12.4 Å². The first kappa shape index (κ1) is 11.9. The number of carboxylic acid groups (broad SMARTS) is 1. The maximum Gasteiger partial charge on any atom is 0.327 e. The molecule has 0 atom stereocenters. The van der Waals surface area contributed by atoms with Crippen LogP contribution < -0.4 is 4.73 Å². The SMILES string of the molecule is C=CC(=O)O.C=Cc1cc[n+]([O-])cc1. The molecular formula is C10H11NO3. The second-order valence-electron chi connectivity index (χ2n) is 2.24. The Labute approximate surface area is 82.0 Å². The number of carboxylic acids is 1. The first-order chi connectivity index (χ1) is 6.60. The highest BCUT2D eigenvalue weighted by molar-refractivity contribution is 5.78. The Morgan fingerprint density at radius 2 is 1.86 bits per heavy atom. The third kappa shape index (κ3) is 5.54. The molecule has 0 radical (unpaired) electrons. The topological polar surface area (TPSA) is 64.2 Å². The van der Waals surface area contributed by atoms with Crippen molar-refractivity contribution in [2.24, 2.45) is 0 Å². The molecule has 4 heteroatoms. The van der Waals surface area contributed by atoms with Crippen LogP contribution >= 0.6 is 0 Å². The molecule has 4 nitrogen and oxygen atoms in total. The molecule has 0 saturated carbocycles. The molecule has 0 aliphatic carbocycles. The van der Waals surface area contributed by atoms with Gasteiger partial charge < -0.3 is 10.3 Å². The molecule has 1 heterocycles. The third-order valence-electron chi connectivity index (χ3n) is 1.24. The van der Waals surface area contributed by atoms with Crippen LogP contribution in [0.15, 0.2) is 43.8 Å². The molecule has 1 aromatic heterocycles. The summed E-state index contributed by atoms with van der Waals surface area (Å²) in [6.07, 6.45) is 5.41. The number of nitrogens with zero attached hydrogens (tertiary/aromatic N) is 1. The molecule has 0 aliphatic heterocycles. The fourth-order valence-corrected chi connectivity index (χ4v) is 0.560. The van der Waals surface area contributed by atoms with E-state index in [1.54, 1.807) is 18.2 Å². The molecule has 0 aliphatic rings. The van der Waals surface area contributed by atoms with Crippen molar-refractivity contribution in [1.29, 1.82) is 0 Å². The van der Waals surface area contributed by atoms with E-state index in [0.29, 0.717) is 0 Å². The molecule has 0 saturated heterocycles. The monoisotopic (exact) mass is 193 g/mol. The van der Waals surface area contributed by atoms with Crippen LogP contribution in [0.5, 0.6) is 0 Å². The van der Waals surface area contributed by atoms with Crippen LogP contribution in [0.4, 0.5) is 0 Å². The van der Waals surface area contributed by atoms with E-state index in [1.807, 2.05) is 0 Å². The van der Waals surface area contributed by atoms with Crippen molar-refractivity contribution in [3.8, 4) is 0 Å². The summed E-state index contributed by atoms with van der Waals surface area (Å²) in [5, 5.41) is 18.0. The summed E-state index contributed by atoms with van der Waals surface area (Å²) in [7, 11) is 0. The van der Waals surface area contributed by atoms with E-state index in [-0.39, 0.29) is 0 Å². The summed E-state index contributed by atoms with van der Waals surface area (Å²) in [6, 6.07) is 3.42. The van der Waals surface area contributed by atoms with Crippen molar-refractivity contribution < 1.29 is 14.6 Å². The van der Waals surface area contributed by atoms with Gasteiger partial charge in [-0.05, 0) is 5.56 Å². The predicted octanol–water partition coefficient (Wildman–Crippen LogP) is 1.22. The van der Waals surface area contributed by atoms with Crippen molar-refractivity contribution in [2.45, 2.75) is 0 Å². The Morgan fingerprint density at radius 3 is 2.14 bits per heavy atom. The molecule has 0 amide bonds. The van der Waals surface area contributed by atoms with Crippen molar-refractivity contribution in [2.75, 3.05) is 0 Å².